The van der Waals surface area contributed by atoms with Crippen LogP contribution in [0.3, 0.4) is 0 Å². The lowest BCUT2D eigenvalue weighted by Gasteiger charge is -2.31. The number of alkyl halides is 3. The summed E-state index contributed by atoms with van der Waals surface area (Å²) >= 11 is 11.5. The highest BCUT2D eigenvalue weighted by Gasteiger charge is 2.65. The first-order chi connectivity index (χ1) is 9.74. The molecular formula is C13H13Cl2F3N2O. The third-order valence-electron chi connectivity index (χ3n) is 4.68. The van der Waals surface area contributed by atoms with E-state index in [-0.39, 0.29) is 35.4 Å². The summed E-state index contributed by atoms with van der Waals surface area (Å²) in [5, 5.41) is 0.301. The van der Waals surface area contributed by atoms with Gasteiger partial charge in [-0.25, -0.2) is 0 Å². The fourth-order valence-corrected chi connectivity index (χ4v) is 3.91. The molecule has 0 bridgehead atoms. The Morgan fingerprint density at radius 2 is 2.14 bits per heavy atom. The Balaban J connectivity index is 1.85. The molecule has 21 heavy (non-hydrogen) atoms. The predicted octanol–water partition coefficient (Wildman–Crippen LogP) is 4.13. The van der Waals surface area contributed by atoms with Crippen LogP contribution in [-0.2, 0) is 0 Å². The number of rotatable bonds is 1. The Morgan fingerprint density at radius 1 is 1.43 bits per heavy atom. The molecule has 1 saturated heterocycles. The third-order valence-corrected chi connectivity index (χ3v) is 5.37. The number of aromatic nitrogens is 1. The first kappa shape index (κ1) is 15.0. The summed E-state index contributed by atoms with van der Waals surface area (Å²) in [5.41, 5.74) is -1.62. The molecule has 0 unspecified atom stereocenters. The van der Waals surface area contributed by atoms with E-state index in [2.05, 4.69) is 4.98 Å². The van der Waals surface area contributed by atoms with Gasteiger partial charge in [-0.15, -0.1) is 0 Å². The van der Waals surface area contributed by atoms with Crippen LogP contribution in [0.1, 0.15) is 29.8 Å². The third kappa shape index (κ3) is 2.23. The minimum atomic E-state index is -4.28. The van der Waals surface area contributed by atoms with Crippen molar-refractivity contribution in [2.45, 2.75) is 25.4 Å². The summed E-state index contributed by atoms with van der Waals surface area (Å²) in [4.78, 5) is 16.2. The maximum Gasteiger partial charge on any atom is 0.396 e. The van der Waals surface area contributed by atoms with Crippen LogP contribution < -0.4 is 0 Å². The van der Waals surface area contributed by atoms with Gasteiger partial charge in [0.1, 0.15) is 10.8 Å². The number of hydrogen-bond donors (Lipinski definition) is 1. The van der Waals surface area contributed by atoms with Crippen LogP contribution in [0, 0.1) is 11.3 Å². The van der Waals surface area contributed by atoms with E-state index in [9.17, 15) is 18.0 Å². The van der Waals surface area contributed by atoms with E-state index < -0.39 is 23.4 Å². The molecule has 3 nitrogen and oxygen atoms in total. The normalized spacial score (nSPS) is 29.0. The molecule has 8 heteroatoms. The molecule has 1 aliphatic heterocycles. The SMILES string of the molecule is O=C(c1cc(Cl)c(Cl)[nH]1)N1C[C@@H]2CCC[C@]2(C(F)(F)F)C1. The summed E-state index contributed by atoms with van der Waals surface area (Å²) in [6, 6.07) is 1.35. The van der Waals surface area contributed by atoms with Crippen molar-refractivity contribution in [2.75, 3.05) is 13.1 Å². The molecule has 1 aromatic heterocycles. The Kier molecular flexibility index (Phi) is 3.44. The fourth-order valence-electron chi connectivity index (χ4n) is 3.60. The fraction of sp³-hybridized carbons (Fsp3) is 0.615. The number of halogens is 5. The van der Waals surface area contributed by atoms with Crippen LogP contribution in [0.15, 0.2) is 6.07 Å². The van der Waals surface area contributed by atoms with Crippen LogP contribution in [0.2, 0.25) is 10.2 Å². The standard InChI is InChI=1S/C13H13Cl2F3N2O/c14-8-4-9(19-10(8)15)11(21)20-5-7-2-1-3-12(7,6-20)13(16,17)18/h4,7,19H,1-3,5-6H2/t7-,12-/m0/s1. The van der Waals surface area contributed by atoms with Crippen LogP contribution in [0.4, 0.5) is 13.2 Å². The van der Waals surface area contributed by atoms with Crippen molar-refractivity contribution in [3.05, 3.63) is 21.9 Å². The van der Waals surface area contributed by atoms with Crippen molar-refractivity contribution in [1.82, 2.24) is 9.88 Å². The molecule has 0 aromatic carbocycles. The van der Waals surface area contributed by atoms with Crippen molar-refractivity contribution < 1.29 is 18.0 Å². The lowest BCUT2D eigenvalue weighted by atomic mass is 9.80. The number of fused-ring (bicyclic) bond motifs is 1. The maximum absolute atomic E-state index is 13.4. The smallest absolute Gasteiger partial charge is 0.340 e. The molecule has 1 N–H and O–H groups in total. The van der Waals surface area contributed by atoms with E-state index in [1.807, 2.05) is 0 Å². The highest BCUT2D eigenvalue weighted by molar-refractivity contribution is 6.41. The van der Waals surface area contributed by atoms with Gasteiger partial charge in [-0.05, 0) is 24.8 Å². The van der Waals surface area contributed by atoms with Gasteiger partial charge in [0.2, 0.25) is 0 Å². The Labute approximate surface area is 129 Å². The Hall–Kier alpha value is -0.880. The Bertz CT molecular complexity index is 567. The van der Waals surface area contributed by atoms with Crippen molar-refractivity contribution in [3.8, 4) is 0 Å². The number of carbonyl (C=O) groups is 1. The predicted molar refractivity (Wildman–Crippen MR) is 72.5 cm³/mol. The lowest BCUT2D eigenvalue weighted by molar-refractivity contribution is -0.226. The minimum absolute atomic E-state index is 0.0944. The maximum atomic E-state index is 13.4. The van der Waals surface area contributed by atoms with Gasteiger partial charge in [0, 0.05) is 13.1 Å². The second kappa shape index (κ2) is 4.81. The summed E-state index contributed by atoms with van der Waals surface area (Å²) in [7, 11) is 0. The van der Waals surface area contributed by atoms with Crippen molar-refractivity contribution >= 4 is 29.1 Å². The van der Waals surface area contributed by atoms with E-state index in [4.69, 9.17) is 23.2 Å². The molecule has 1 aromatic rings. The van der Waals surface area contributed by atoms with Gasteiger partial charge in [0.25, 0.3) is 5.91 Å². The molecule has 0 spiro atoms. The van der Waals surface area contributed by atoms with E-state index in [0.717, 1.165) is 0 Å². The topological polar surface area (TPSA) is 36.1 Å². The van der Waals surface area contributed by atoms with Gasteiger partial charge in [-0.1, -0.05) is 29.6 Å². The average Bonchev–Trinajstić information content (AvgIpc) is 3.00. The van der Waals surface area contributed by atoms with Crippen LogP contribution in [0.25, 0.3) is 0 Å². The van der Waals surface area contributed by atoms with Gasteiger partial charge in [0.15, 0.2) is 0 Å². The van der Waals surface area contributed by atoms with E-state index in [1.165, 1.54) is 11.0 Å². The largest absolute Gasteiger partial charge is 0.396 e. The number of likely N-dealkylation sites (tertiary alicyclic amines) is 1. The number of aromatic amines is 1. The summed E-state index contributed by atoms with van der Waals surface area (Å²) in [6.07, 6.45) is -3.12. The average molecular weight is 341 g/mol. The molecule has 116 valence electrons. The first-order valence-electron chi connectivity index (χ1n) is 6.64. The van der Waals surface area contributed by atoms with E-state index in [0.29, 0.717) is 12.8 Å². The summed E-state index contributed by atoms with van der Waals surface area (Å²) in [6.45, 7) is -0.152. The van der Waals surface area contributed by atoms with Gasteiger partial charge in [-0.3, -0.25) is 4.79 Å². The molecule has 1 saturated carbocycles. The first-order valence-corrected chi connectivity index (χ1v) is 7.40. The van der Waals surface area contributed by atoms with Crippen molar-refractivity contribution in [3.63, 3.8) is 0 Å². The molecule has 3 rings (SSSR count). The molecule has 2 aliphatic rings. The van der Waals surface area contributed by atoms with Crippen molar-refractivity contribution in [1.29, 1.82) is 0 Å². The molecule has 1 aliphatic carbocycles. The number of carbonyl (C=O) groups excluding carboxylic acids is 1. The van der Waals surface area contributed by atoms with E-state index in [1.54, 1.807) is 0 Å². The zero-order valence-corrected chi connectivity index (χ0v) is 12.4. The monoisotopic (exact) mass is 340 g/mol. The summed E-state index contributed by atoms with van der Waals surface area (Å²) < 4.78 is 40.3. The second-order valence-corrected chi connectivity index (χ2v) is 6.56. The highest BCUT2D eigenvalue weighted by atomic mass is 35.5. The van der Waals surface area contributed by atoms with Gasteiger partial charge in [0.05, 0.1) is 10.4 Å². The molecular weight excluding hydrogens is 328 g/mol. The second-order valence-electron chi connectivity index (χ2n) is 5.77. The number of nitrogens with zero attached hydrogens (tertiary/aromatic N) is 1. The number of H-pyrrole nitrogens is 1. The molecule has 1 amide bonds. The quantitative estimate of drug-likeness (QED) is 0.819. The van der Waals surface area contributed by atoms with Gasteiger partial charge < -0.3 is 9.88 Å². The molecule has 2 fully saturated rings. The zero-order chi connectivity index (χ0) is 15.4. The van der Waals surface area contributed by atoms with Crippen LogP contribution in [-0.4, -0.2) is 35.1 Å². The van der Waals surface area contributed by atoms with Crippen LogP contribution >= 0.6 is 23.2 Å². The zero-order valence-electron chi connectivity index (χ0n) is 10.9. The Morgan fingerprint density at radius 3 is 2.67 bits per heavy atom. The number of amides is 1. The molecule has 2 heterocycles. The van der Waals surface area contributed by atoms with Gasteiger partial charge in [-0.2, -0.15) is 13.2 Å². The number of hydrogen-bond acceptors (Lipinski definition) is 1. The summed E-state index contributed by atoms with van der Waals surface area (Å²) in [5.74, 6) is -0.996. The van der Waals surface area contributed by atoms with Gasteiger partial charge >= 0.3 is 6.18 Å². The molecule has 2 atom stereocenters. The highest BCUT2D eigenvalue weighted by Crippen LogP contribution is 2.57. The lowest BCUT2D eigenvalue weighted by Crippen LogP contribution is -2.42. The minimum Gasteiger partial charge on any atom is -0.340 e. The number of nitrogens with one attached hydrogen (secondary N) is 1. The van der Waals surface area contributed by atoms with E-state index >= 15 is 0 Å². The van der Waals surface area contributed by atoms with Crippen LogP contribution in [0.5, 0.6) is 0 Å². The molecule has 0 radical (unpaired) electrons. The van der Waals surface area contributed by atoms with Crippen molar-refractivity contribution in [2.24, 2.45) is 11.3 Å².